The van der Waals surface area contributed by atoms with Crippen LogP contribution in [0.1, 0.15) is 6.42 Å². The molecule has 0 unspecified atom stereocenters. The second-order valence-electron chi connectivity index (χ2n) is 4.43. The van der Waals surface area contributed by atoms with Crippen molar-refractivity contribution in [1.29, 1.82) is 0 Å². The van der Waals surface area contributed by atoms with Crippen molar-refractivity contribution in [3.63, 3.8) is 0 Å². The summed E-state index contributed by atoms with van der Waals surface area (Å²) in [6.45, 7) is 1.31. The maximum Gasteiger partial charge on any atom is 0.279 e. The first-order chi connectivity index (χ1) is 9.31. The number of anilines is 1. The number of rotatable bonds is 6. The van der Waals surface area contributed by atoms with Crippen molar-refractivity contribution in [1.82, 2.24) is 0 Å². The van der Waals surface area contributed by atoms with E-state index < -0.39 is 0 Å². The first-order valence-corrected chi connectivity index (χ1v) is 6.51. The van der Waals surface area contributed by atoms with Gasteiger partial charge in [-0.3, -0.25) is 4.79 Å². The van der Waals surface area contributed by atoms with Crippen LogP contribution in [0.2, 0.25) is 0 Å². The van der Waals surface area contributed by atoms with Gasteiger partial charge in [-0.05, 0) is 11.5 Å². The third-order valence-corrected chi connectivity index (χ3v) is 2.96. The first-order valence-electron chi connectivity index (χ1n) is 6.51. The number of quaternary nitrogens is 1. The van der Waals surface area contributed by atoms with Crippen LogP contribution in [-0.2, 0) is 4.79 Å². The number of aliphatic hydroxyl groups is 1. The van der Waals surface area contributed by atoms with Crippen molar-refractivity contribution >= 4 is 22.4 Å². The molecule has 0 aromatic heterocycles. The predicted molar refractivity (Wildman–Crippen MR) is 75.9 cm³/mol. The summed E-state index contributed by atoms with van der Waals surface area (Å²) >= 11 is 0. The fourth-order valence-corrected chi connectivity index (χ4v) is 2.00. The molecule has 0 spiro atoms. The maximum absolute atomic E-state index is 11.8. The Balaban J connectivity index is 1.99. The number of nitrogens with two attached hydrogens (primary N) is 1. The van der Waals surface area contributed by atoms with Gasteiger partial charge in [0, 0.05) is 24.1 Å². The van der Waals surface area contributed by atoms with Gasteiger partial charge in [0.05, 0.1) is 6.54 Å². The summed E-state index contributed by atoms with van der Waals surface area (Å²) in [5.74, 6) is -0.0192. The van der Waals surface area contributed by atoms with E-state index in [2.05, 4.69) is 5.32 Å². The Labute approximate surface area is 112 Å². The van der Waals surface area contributed by atoms with Crippen LogP contribution < -0.4 is 10.6 Å². The number of benzene rings is 2. The second-order valence-corrected chi connectivity index (χ2v) is 4.43. The molecule has 4 nitrogen and oxygen atoms in total. The van der Waals surface area contributed by atoms with Gasteiger partial charge in [-0.15, -0.1) is 0 Å². The summed E-state index contributed by atoms with van der Waals surface area (Å²) in [7, 11) is 0. The van der Waals surface area contributed by atoms with Crippen LogP contribution in [0.15, 0.2) is 42.5 Å². The molecule has 1 amide bonds. The van der Waals surface area contributed by atoms with Gasteiger partial charge in [0.2, 0.25) is 0 Å². The fraction of sp³-hybridized carbons (Fsp3) is 0.267. The van der Waals surface area contributed by atoms with E-state index >= 15 is 0 Å². The first kappa shape index (κ1) is 13.5. The normalized spacial score (nSPS) is 10.6. The van der Waals surface area contributed by atoms with Crippen LogP contribution in [0.3, 0.4) is 0 Å². The minimum Gasteiger partial charge on any atom is -0.396 e. The molecule has 0 atom stereocenters. The molecular weight excluding hydrogens is 240 g/mol. The van der Waals surface area contributed by atoms with E-state index in [1.165, 1.54) is 0 Å². The number of aliphatic hydroxyl groups excluding tert-OH is 1. The number of hydrogen-bond acceptors (Lipinski definition) is 2. The van der Waals surface area contributed by atoms with Crippen LogP contribution in [0.4, 0.5) is 5.69 Å². The number of fused-ring (bicyclic) bond motifs is 1. The zero-order valence-corrected chi connectivity index (χ0v) is 10.8. The van der Waals surface area contributed by atoms with Gasteiger partial charge in [-0.1, -0.05) is 36.4 Å². The van der Waals surface area contributed by atoms with Gasteiger partial charge < -0.3 is 15.7 Å². The van der Waals surface area contributed by atoms with Gasteiger partial charge in [0.1, 0.15) is 0 Å². The van der Waals surface area contributed by atoms with E-state index in [4.69, 9.17) is 5.11 Å². The number of hydrogen-bond donors (Lipinski definition) is 3. The van der Waals surface area contributed by atoms with Gasteiger partial charge in [-0.25, -0.2) is 0 Å². The van der Waals surface area contributed by atoms with E-state index in [1.54, 1.807) is 0 Å². The maximum atomic E-state index is 11.8. The van der Waals surface area contributed by atoms with Crippen molar-refractivity contribution in [3.8, 4) is 0 Å². The van der Waals surface area contributed by atoms with Crippen LogP contribution in [0, 0.1) is 0 Å². The molecule has 0 radical (unpaired) electrons. The Hall–Kier alpha value is -1.91. The molecule has 4 N–H and O–H groups in total. The molecule has 0 aliphatic carbocycles. The van der Waals surface area contributed by atoms with Gasteiger partial charge in [0.15, 0.2) is 6.54 Å². The number of carbonyl (C=O) groups is 1. The second kappa shape index (κ2) is 6.87. The molecule has 4 heteroatoms. The van der Waals surface area contributed by atoms with Crippen LogP contribution in [-0.4, -0.2) is 30.7 Å². The summed E-state index contributed by atoms with van der Waals surface area (Å²) < 4.78 is 0. The minimum absolute atomic E-state index is 0.0192. The SMILES string of the molecule is O=C(C[NH2+]CCCO)Nc1cccc2ccccc12. The minimum atomic E-state index is -0.0192. The molecule has 0 heterocycles. The van der Waals surface area contributed by atoms with Gasteiger partial charge in [-0.2, -0.15) is 0 Å². The molecule has 0 aliphatic rings. The molecule has 0 saturated carbocycles. The van der Waals surface area contributed by atoms with E-state index in [0.29, 0.717) is 13.0 Å². The highest BCUT2D eigenvalue weighted by molar-refractivity contribution is 6.02. The van der Waals surface area contributed by atoms with Crippen molar-refractivity contribution < 1.29 is 15.2 Å². The van der Waals surface area contributed by atoms with Crippen molar-refractivity contribution in [2.75, 3.05) is 25.0 Å². The lowest BCUT2D eigenvalue weighted by molar-refractivity contribution is -0.644. The summed E-state index contributed by atoms with van der Waals surface area (Å²) in [6, 6.07) is 13.8. The summed E-state index contributed by atoms with van der Waals surface area (Å²) in [4.78, 5) is 11.8. The quantitative estimate of drug-likeness (QED) is 0.669. The lowest BCUT2D eigenvalue weighted by atomic mass is 10.1. The Morgan fingerprint density at radius 2 is 1.95 bits per heavy atom. The highest BCUT2D eigenvalue weighted by Gasteiger charge is 2.06. The molecule has 0 fully saturated rings. The Bertz CT molecular complexity index is 549. The Morgan fingerprint density at radius 1 is 1.16 bits per heavy atom. The monoisotopic (exact) mass is 259 g/mol. The van der Waals surface area contributed by atoms with Gasteiger partial charge in [0.25, 0.3) is 5.91 Å². The third kappa shape index (κ3) is 3.77. The standard InChI is InChI=1S/C15H18N2O2/c18-10-4-9-16-11-15(19)17-14-8-3-6-12-5-1-2-7-13(12)14/h1-3,5-8,16,18H,4,9-11H2,(H,17,19)/p+1. The van der Waals surface area contributed by atoms with E-state index in [1.807, 2.05) is 47.8 Å². The molecule has 0 bridgehead atoms. The average Bonchev–Trinajstić information content (AvgIpc) is 2.44. The molecule has 2 rings (SSSR count). The highest BCUT2D eigenvalue weighted by Crippen LogP contribution is 2.22. The lowest BCUT2D eigenvalue weighted by Crippen LogP contribution is -2.86. The molecule has 0 aliphatic heterocycles. The van der Waals surface area contributed by atoms with Crippen LogP contribution in [0.5, 0.6) is 0 Å². The smallest absolute Gasteiger partial charge is 0.279 e. The summed E-state index contributed by atoms with van der Waals surface area (Å²) in [6.07, 6.45) is 0.710. The molecule has 0 saturated heterocycles. The number of nitrogens with one attached hydrogen (secondary N) is 1. The van der Waals surface area contributed by atoms with E-state index in [-0.39, 0.29) is 12.5 Å². The Kier molecular flexibility index (Phi) is 4.89. The zero-order chi connectivity index (χ0) is 13.5. The third-order valence-electron chi connectivity index (χ3n) is 2.96. The van der Waals surface area contributed by atoms with Gasteiger partial charge >= 0.3 is 0 Å². The molecule has 100 valence electrons. The number of carbonyl (C=O) groups excluding carboxylic acids is 1. The molecule has 19 heavy (non-hydrogen) atoms. The summed E-state index contributed by atoms with van der Waals surface area (Å²) in [5, 5.41) is 15.7. The van der Waals surface area contributed by atoms with Crippen molar-refractivity contribution in [3.05, 3.63) is 42.5 Å². The molecule has 2 aromatic rings. The predicted octanol–water partition coefficient (Wildman–Crippen LogP) is 0.724. The number of amides is 1. The summed E-state index contributed by atoms with van der Waals surface area (Å²) in [5.41, 5.74) is 0.846. The molecular formula is C15H19N2O2+. The van der Waals surface area contributed by atoms with Crippen LogP contribution >= 0.6 is 0 Å². The van der Waals surface area contributed by atoms with E-state index in [0.717, 1.165) is 23.0 Å². The van der Waals surface area contributed by atoms with Crippen molar-refractivity contribution in [2.24, 2.45) is 0 Å². The lowest BCUT2D eigenvalue weighted by Gasteiger charge is -2.08. The highest BCUT2D eigenvalue weighted by atomic mass is 16.3. The largest absolute Gasteiger partial charge is 0.396 e. The molecule has 2 aromatic carbocycles. The zero-order valence-electron chi connectivity index (χ0n) is 10.8. The fourth-order valence-electron chi connectivity index (χ4n) is 2.00. The van der Waals surface area contributed by atoms with Crippen LogP contribution in [0.25, 0.3) is 10.8 Å². The topological polar surface area (TPSA) is 65.9 Å². The van der Waals surface area contributed by atoms with E-state index in [9.17, 15) is 4.79 Å². The average molecular weight is 259 g/mol. The van der Waals surface area contributed by atoms with Crippen molar-refractivity contribution in [2.45, 2.75) is 6.42 Å². The Morgan fingerprint density at radius 3 is 2.79 bits per heavy atom.